The lowest BCUT2D eigenvalue weighted by Gasteiger charge is -2.29. The maximum atomic E-state index is 6.48. The van der Waals surface area contributed by atoms with Crippen LogP contribution in [-0.4, -0.2) is 18.6 Å². The fourth-order valence-electron chi connectivity index (χ4n) is 2.58. The van der Waals surface area contributed by atoms with Crippen LogP contribution in [0.15, 0.2) is 18.2 Å². The largest absolute Gasteiger partial charge is 0.368 e. The van der Waals surface area contributed by atoms with Gasteiger partial charge < -0.3 is 10.2 Å². The number of rotatable bonds is 8. The predicted molar refractivity (Wildman–Crippen MR) is 93.3 cm³/mol. The molecule has 0 saturated heterocycles. The summed E-state index contributed by atoms with van der Waals surface area (Å²) < 4.78 is 0. The molecule has 0 atom stereocenters. The number of anilines is 1. The summed E-state index contributed by atoms with van der Waals surface area (Å²) in [7, 11) is 0. The average molecular weight is 309 g/mol. The van der Waals surface area contributed by atoms with Crippen molar-refractivity contribution < 1.29 is 0 Å². The van der Waals surface area contributed by atoms with Crippen LogP contribution in [0.2, 0.25) is 5.02 Å². The van der Waals surface area contributed by atoms with Gasteiger partial charge in [-0.05, 0) is 37.3 Å². The normalized spacial score (nSPS) is 15.0. The van der Waals surface area contributed by atoms with Gasteiger partial charge in [0, 0.05) is 41.4 Å². The summed E-state index contributed by atoms with van der Waals surface area (Å²) in [4.78, 5) is 2.59. The van der Waals surface area contributed by atoms with Crippen LogP contribution in [0.3, 0.4) is 0 Å². The van der Waals surface area contributed by atoms with Gasteiger partial charge in [-0.15, -0.1) is 0 Å². The van der Waals surface area contributed by atoms with Gasteiger partial charge in [-0.3, -0.25) is 0 Å². The van der Waals surface area contributed by atoms with Crippen molar-refractivity contribution in [1.29, 1.82) is 0 Å². The maximum absolute atomic E-state index is 6.48. The molecule has 1 aromatic carbocycles. The number of nitrogens with zero attached hydrogens (tertiary/aromatic N) is 1. The molecule has 118 valence electrons. The summed E-state index contributed by atoms with van der Waals surface area (Å²) in [5, 5.41) is 4.40. The Labute approximate surface area is 134 Å². The maximum Gasteiger partial charge on any atom is 0.0471 e. The van der Waals surface area contributed by atoms with Gasteiger partial charge >= 0.3 is 0 Å². The molecule has 21 heavy (non-hydrogen) atoms. The fraction of sp³-hybridized carbons (Fsp3) is 0.667. The quantitative estimate of drug-likeness (QED) is 0.738. The van der Waals surface area contributed by atoms with E-state index in [1.807, 2.05) is 6.07 Å². The van der Waals surface area contributed by atoms with Gasteiger partial charge in [-0.1, -0.05) is 45.4 Å². The zero-order chi connectivity index (χ0) is 15.4. The SMILES string of the molecule is CC(C)CCN(c1cccc(Cl)c1CNC(C)C)C1CC1. The van der Waals surface area contributed by atoms with Crippen LogP contribution < -0.4 is 10.2 Å². The van der Waals surface area contributed by atoms with E-state index >= 15 is 0 Å². The first kappa shape index (κ1) is 16.6. The summed E-state index contributed by atoms with van der Waals surface area (Å²) >= 11 is 6.48. The molecule has 3 heteroatoms. The standard InChI is InChI=1S/C18H29ClN2/c1-13(2)10-11-21(15-8-9-15)18-7-5-6-17(19)16(18)12-20-14(3)4/h5-7,13-15,20H,8-12H2,1-4H3. The summed E-state index contributed by atoms with van der Waals surface area (Å²) in [6.07, 6.45) is 3.88. The summed E-state index contributed by atoms with van der Waals surface area (Å²) in [6, 6.07) is 7.53. The van der Waals surface area contributed by atoms with Crippen LogP contribution in [-0.2, 0) is 6.54 Å². The van der Waals surface area contributed by atoms with Crippen LogP contribution >= 0.6 is 11.6 Å². The molecule has 0 aliphatic heterocycles. The Bertz CT molecular complexity index is 453. The van der Waals surface area contributed by atoms with Gasteiger partial charge in [-0.2, -0.15) is 0 Å². The van der Waals surface area contributed by atoms with E-state index in [0.29, 0.717) is 6.04 Å². The molecule has 1 aliphatic carbocycles. The topological polar surface area (TPSA) is 15.3 Å². The third-order valence-corrected chi connectivity index (χ3v) is 4.38. The summed E-state index contributed by atoms with van der Waals surface area (Å²) in [5.74, 6) is 0.739. The number of halogens is 1. The van der Waals surface area contributed by atoms with Gasteiger partial charge in [0.15, 0.2) is 0 Å². The Balaban J connectivity index is 2.20. The Hall–Kier alpha value is -0.730. The smallest absolute Gasteiger partial charge is 0.0471 e. The van der Waals surface area contributed by atoms with Crippen molar-refractivity contribution in [1.82, 2.24) is 5.32 Å². The lowest BCUT2D eigenvalue weighted by atomic mass is 10.1. The lowest BCUT2D eigenvalue weighted by Crippen LogP contribution is -2.30. The van der Waals surface area contributed by atoms with E-state index in [1.165, 1.54) is 30.5 Å². The second-order valence-corrected chi connectivity index (χ2v) is 7.29. The molecule has 1 aromatic rings. The van der Waals surface area contributed by atoms with Gasteiger partial charge in [0.2, 0.25) is 0 Å². The van der Waals surface area contributed by atoms with E-state index in [1.54, 1.807) is 0 Å². The molecule has 0 radical (unpaired) electrons. The van der Waals surface area contributed by atoms with E-state index in [4.69, 9.17) is 11.6 Å². The van der Waals surface area contributed by atoms with Gasteiger partial charge in [0.25, 0.3) is 0 Å². The second-order valence-electron chi connectivity index (χ2n) is 6.88. The van der Waals surface area contributed by atoms with Gasteiger partial charge in [0.05, 0.1) is 0 Å². The Morgan fingerprint density at radius 2 is 1.95 bits per heavy atom. The molecule has 1 aliphatic rings. The molecule has 0 amide bonds. The third-order valence-electron chi connectivity index (χ3n) is 4.03. The highest BCUT2D eigenvalue weighted by Crippen LogP contribution is 2.36. The average Bonchev–Trinajstić information content (AvgIpc) is 3.22. The highest BCUT2D eigenvalue weighted by molar-refractivity contribution is 6.31. The Morgan fingerprint density at radius 3 is 2.52 bits per heavy atom. The van der Waals surface area contributed by atoms with Crippen LogP contribution in [0.4, 0.5) is 5.69 Å². The summed E-state index contributed by atoms with van der Waals surface area (Å²) in [5.41, 5.74) is 2.59. The van der Waals surface area contributed by atoms with Crippen molar-refractivity contribution in [2.75, 3.05) is 11.4 Å². The monoisotopic (exact) mass is 308 g/mol. The van der Waals surface area contributed by atoms with Crippen molar-refractivity contribution in [2.24, 2.45) is 5.92 Å². The van der Waals surface area contributed by atoms with E-state index in [0.717, 1.165) is 30.1 Å². The molecule has 1 saturated carbocycles. The molecule has 0 bridgehead atoms. The number of hydrogen-bond acceptors (Lipinski definition) is 2. The zero-order valence-electron chi connectivity index (χ0n) is 13.8. The van der Waals surface area contributed by atoms with Crippen LogP contribution in [0.25, 0.3) is 0 Å². The highest BCUT2D eigenvalue weighted by atomic mass is 35.5. The minimum absolute atomic E-state index is 0.471. The summed E-state index contributed by atoms with van der Waals surface area (Å²) in [6.45, 7) is 10.9. The molecule has 0 heterocycles. The van der Waals surface area contributed by atoms with Crippen LogP contribution in [0.1, 0.15) is 52.5 Å². The van der Waals surface area contributed by atoms with Gasteiger partial charge in [-0.25, -0.2) is 0 Å². The van der Waals surface area contributed by atoms with Crippen molar-refractivity contribution in [3.05, 3.63) is 28.8 Å². The molecule has 0 unspecified atom stereocenters. The number of nitrogens with one attached hydrogen (secondary N) is 1. The molecule has 2 nitrogen and oxygen atoms in total. The van der Waals surface area contributed by atoms with Gasteiger partial charge in [0.1, 0.15) is 0 Å². The zero-order valence-corrected chi connectivity index (χ0v) is 14.6. The number of hydrogen-bond donors (Lipinski definition) is 1. The molecule has 1 fully saturated rings. The molecule has 1 N–H and O–H groups in total. The van der Waals surface area contributed by atoms with E-state index in [2.05, 4.69) is 50.0 Å². The minimum atomic E-state index is 0.471. The molecule has 2 rings (SSSR count). The third kappa shape index (κ3) is 4.89. The second kappa shape index (κ2) is 7.51. The minimum Gasteiger partial charge on any atom is -0.368 e. The van der Waals surface area contributed by atoms with E-state index in [-0.39, 0.29) is 0 Å². The van der Waals surface area contributed by atoms with E-state index < -0.39 is 0 Å². The van der Waals surface area contributed by atoms with Crippen molar-refractivity contribution in [3.8, 4) is 0 Å². The number of benzene rings is 1. The molecule has 0 aromatic heterocycles. The van der Waals surface area contributed by atoms with Crippen LogP contribution in [0.5, 0.6) is 0 Å². The lowest BCUT2D eigenvalue weighted by molar-refractivity contribution is 0.565. The van der Waals surface area contributed by atoms with Crippen LogP contribution in [0, 0.1) is 5.92 Å². The molecule has 0 spiro atoms. The molecular weight excluding hydrogens is 280 g/mol. The van der Waals surface area contributed by atoms with Crippen molar-refractivity contribution in [3.63, 3.8) is 0 Å². The molecular formula is C18H29ClN2. The van der Waals surface area contributed by atoms with E-state index in [9.17, 15) is 0 Å². The first-order valence-corrected chi connectivity index (χ1v) is 8.64. The van der Waals surface area contributed by atoms with Crippen molar-refractivity contribution >= 4 is 17.3 Å². The Kier molecular flexibility index (Phi) is 5.95. The highest BCUT2D eigenvalue weighted by Gasteiger charge is 2.30. The first-order valence-electron chi connectivity index (χ1n) is 8.26. The Morgan fingerprint density at radius 1 is 1.24 bits per heavy atom. The first-order chi connectivity index (χ1) is 9.99. The predicted octanol–water partition coefficient (Wildman–Crippen LogP) is 4.85. The van der Waals surface area contributed by atoms with Crippen molar-refractivity contribution in [2.45, 2.75) is 65.6 Å². The fourth-order valence-corrected chi connectivity index (χ4v) is 2.82.